The van der Waals surface area contributed by atoms with Crippen LogP contribution >= 0.6 is 0 Å². The third-order valence-corrected chi connectivity index (χ3v) is 3.59. The fraction of sp³-hybridized carbons (Fsp3) is 1.00. The van der Waals surface area contributed by atoms with Gasteiger partial charge < -0.3 is 10.1 Å². The maximum Gasteiger partial charge on any atom is 0.0678 e. The predicted molar refractivity (Wildman–Crippen MR) is 78.0 cm³/mol. The van der Waals surface area contributed by atoms with Crippen LogP contribution in [-0.2, 0) is 4.74 Å². The summed E-state index contributed by atoms with van der Waals surface area (Å²) >= 11 is 0. The fourth-order valence-corrected chi connectivity index (χ4v) is 2.62. The monoisotopic (exact) mass is 256 g/mol. The minimum atomic E-state index is 0.382. The molecule has 3 unspecified atom stereocenters. The molecule has 3 heteroatoms. The van der Waals surface area contributed by atoms with Crippen molar-refractivity contribution in [1.29, 1.82) is 0 Å². The van der Waals surface area contributed by atoms with Crippen LogP contribution in [0, 0.1) is 5.92 Å². The number of morpholine rings is 1. The van der Waals surface area contributed by atoms with Crippen molar-refractivity contribution in [2.24, 2.45) is 5.92 Å². The molecule has 1 N–H and O–H groups in total. The summed E-state index contributed by atoms with van der Waals surface area (Å²) in [6.45, 7) is 15.6. The summed E-state index contributed by atoms with van der Waals surface area (Å²) < 4.78 is 5.75. The maximum atomic E-state index is 5.75. The summed E-state index contributed by atoms with van der Waals surface area (Å²) in [4.78, 5) is 2.51. The van der Waals surface area contributed by atoms with E-state index in [1.807, 2.05) is 0 Å². The van der Waals surface area contributed by atoms with Crippen molar-refractivity contribution >= 4 is 0 Å². The molecular weight excluding hydrogens is 224 g/mol. The summed E-state index contributed by atoms with van der Waals surface area (Å²) in [6, 6.07) is 0.642. The molecule has 18 heavy (non-hydrogen) atoms. The molecule has 0 aromatic heterocycles. The molecule has 1 fully saturated rings. The first-order valence-electron chi connectivity index (χ1n) is 7.58. The number of nitrogens with one attached hydrogen (secondary N) is 1. The number of rotatable bonds is 7. The number of hydrogen-bond acceptors (Lipinski definition) is 3. The summed E-state index contributed by atoms with van der Waals surface area (Å²) in [6.07, 6.45) is 3.37. The minimum absolute atomic E-state index is 0.382. The van der Waals surface area contributed by atoms with Crippen LogP contribution in [0.5, 0.6) is 0 Å². The van der Waals surface area contributed by atoms with E-state index in [-0.39, 0.29) is 0 Å². The van der Waals surface area contributed by atoms with E-state index < -0.39 is 0 Å². The SMILES string of the molecule is CC(C)CCC(C)NCCN1CC(C)OC(C)C1. The molecule has 0 aromatic rings. The molecule has 3 atom stereocenters. The zero-order chi connectivity index (χ0) is 13.5. The normalized spacial score (nSPS) is 27.7. The molecule has 1 heterocycles. The molecule has 1 aliphatic rings. The van der Waals surface area contributed by atoms with Gasteiger partial charge >= 0.3 is 0 Å². The fourth-order valence-electron chi connectivity index (χ4n) is 2.62. The second-order valence-corrected chi connectivity index (χ2v) is 6.34. The Morgan fingerprint density at radius 1 is 1.11 bits per heavy atom. The van der Waals surface area contributed by atoms with E-state index in [1.165, 1.54) is 12.8 Å². The van der Waals surface area contributed by atoms with Crippen LogP contribution in [0.3, 0.4) is 0 Å². The van der Waals surface area contributed by atoms with Gasteiger partial charge in [-0.15, -0.1) is 0 Å². The van der Waals surface area contributed by atoms with E-state index in [2.05, 4.69) is 44.8 Å². The second-order valence-electron chi connectivity index (χ2n) is 6.34. The van der Waals surface area contributed by atoms with E-state index >= 15 is 0 Å². The topological polar surface area (TPSA) is 24.5 Å². The Balaban J connectivity index is 2.09. The van der Waals surface area contributed by atoms with Gasteiger partial charge in [-0.3, -0.25) is 4.90 Å². The molecule has 3 nitrogen and oxygen atoms in total. The van der Waals surface area contributed by atoms with E-state index in [1.54, 1.807) is 0 Å². The van der Waals surface area contributed by atoms with Gasteiger partial charge in [0.2, 0.25) is 0 Å². The summed E-state index contributed by atoms with van der Waals surface area (Å²) in [5.74, 6) is 0.815. The zero-order valence-electron chi connectivity index (χ0n) is 12.9. The average Bonchev–Trinajstić information content (AvgIpc) is 2.25. The quantitative estimate of drug-likeness (QED) is 0.757. The van der Waals surface area contributed by atoms with Gasteiger partial charge in [-0.05, 0) is 39.5 Å². The first kappa shape index (κ1) is 15.9. The molecule has 0 bridgehead atoms. The Morgan fingerprint density at radius 3 is 2.28 bits per heavy atom. The number of nitrogens with zero attached hydrogens (tertiary/aromatic N) is 1. The molecule has 1 aliphatic heterocycles. The highest BCUT2D eigenvalue weighted by Crippen LogP contribution is 2.10. The van der Waals surface area contributed by atoms with Crippen molar-refractivity contribution in [3.05, 3.63) is 0 Å². The van der Waals surface area contributed by atoms with Gasteiger partial charge in [0.1, 0.15) is 0 Å². The lowest BCUT2D eigenvalue weighted by molar-refractivity contribution is -0.0675. The lowest BCUT2D eigenvalue weighted by Gasteiger charge is -2.35. The Kier molecular flexibility index (Phi) is 7.20. The van der Waals surface area contributed by atoms with Gasteiger partial charge in [-0.2, -0.15) is 0 Å². The zero-order valence-corrected chi connectivity index (χ0v) is 12.9. The van der Waals surface area contributed by atoms with Crippen molar-refractivity contribution in [1.82, 2.24) is 10.2 Å². The van der Waals surface area contributed by atoms with Crippen molar-refractivity contribution in [2.75, 3.05) is 26.2 Å². The number of ether oxygens (including phenoxy) is 1. The van der Waals surface area contributed by atoms with Crippen molar-refractivity contribution in [3.63, 3.8) is 0 Å². The maximum absolute atomic E-state index is 5.75. The van der Waals surface area contributed by atoms with E-state index in [0.29, 0.717) is 18.2 Å². The van der Waals surface area contributed by atoms with Crippen molar-refractivity contribution < 1.29 is 4.74 Å². The lowest BCUT2D eigenvalue weighted by Crippen LogP contribution is -2.48. The molecule has 0 radical (unpaired) electrons. The van der Waals surface area contributed by atoms with Crippen molar-refractivity contribution in [2.45, 2.75) is 65.7 Å². The first-order chi connectivity index (χ1) is 8.47. The molecule has 108 valence electrons. The smallest absolute Gasteiger partial charge is 0.0678 e. The van der Waals surface area contributed by atoms with Crippen LogP contribution in [0.2, 0.25) is 0 Å². The van der Waals surface area contributed by atoms with Gasteiger partial charge in [0.05, 0.1) is 12.2 Å². The molecule has 0 aromatic carbocycles. The van der Waals surface area contributed by atoms with Crippen LogP contribution < -0.4 is 5.32 Å². The lowest BCUT2D eigenvalue weighted by atomic mass is 10.0. The Labute approximate surface area is 113 Å². The Bertz CT molecular complexity index is 211. The van der Waals surface area contributed by atoms with Crippen molar-refractivity contribution in [3.8, 4) is 0 Å². The third-order valence-electron chi connectivity index (χ3n) is 3.59. The highest BCUT2D eigenvalue weighted by atomic mass is 16.5. The van der Waals surface area contributed by atoms with Gasteiger partial charge in [0.15, 0.2) is 0 Å². The second kappa shape index (κ2) is 8.13. The molecule has 0 amide bonds. The Hall–Kier alpha value is -0.120. The van der Waals surface area contributed by atoms with Crippen LogP contribution in [0.4, 0.5) is 0 Å². The molecular formula is C15H32N2O. The predicted octanol–water partition coefficient (Wildman–Crippen LogP) is 2.51. The van der Waals surface area contributed by atoms with Crippen LogP contribution in [0.25, 0.3) is 0 Å². The average molecular weight is 256 g/mol. The minimum Gasteiger partial charge on any atom is -0.373 e. The summed E-state index contributed by atoms with van der Waals surface area (Å²) in [7, 11) is 0. The van der Waals surface area contributed by atoms with E-state index in [4.69, 9.17) is 4.74 Å². The van der Waals surface area contributed by atoms with E-state index in [9.17, 15) is 0 Å². The molecule has 0 spiro atoms. The number of hydrogen-bond donors (Lipinski definition) is 1. The molecule has 0 aliphatic carbocycles. The Morgan fingerprint density at radius 2 is 1.72 bits per heavy atom. The summed E-state index contributed by atoms with van der Waals surface area (Å²) in [5.41, 5.74) is 0. The molecule has 1 saturated heterocycles. The standard InChI is InChI=1S/C15H32N2O/c1-12(2)6-7-13(3)16-8-9-17-10-14(4)18-15(5)11-17/h12-16H,6-11H2,1-5H3. The van der Waals surface area contributed by atoms with Crippen LogP contribution in [0.1, 0.15) is 47.5 Å². The highest BCUT2D eigenvalue weighted by Gasteiger charge is 2.21. The van der Waals surface area contributed by atoms with Crippen LogP contribution in [-0.4, -0.2) is 49.3 Å². The van der Waals surface area contributed by atoms with Gasteiger partial charge in [0, 0.05) is 32.2 Å². The van der Waals surface area contributed by atoms with E-state index in [0.717, 1.165) is 32.1 Å². The highest BCUT2D eigenvalue weighted by molar-refractivity contribution is 4.74. The van der Waals surface area contributed by atoms with Gasteiger partial charge in [-0.25, -0.2) is 0 Å². The molecule has 0 saturated carbocycles. The third kappa shape index (κ3) is 6.72. The summed E-state index contributed by atoms with van der Waals surface area (Å²) in [5, 5.41) is 3.63. The van der Waals surface area contributed by atoms with Crippen LogP contribution in [0.15, 0.2) is 0 Å². The van der Waals surface area contributed by atoms with Gasteiger partial charge in [-0.1, -0.05) is 13.8 Å². The van der Waals surface area contributed by atoms with Gasteiger partial charge in [0.25, 0.3) is 0 Å². The molecule has 1 rings (SSSR count). The largest absolute Gasteiger partial charge is 0.373 e. The first-order valence-corrected chi connectivity index (χ1v) is 7.58.